The number of benzene rings is 1. The molecule has 2 rings (SSSR count). The van der Waals surface area contributed by atoms with Gasteiger partial charge in [0.15, 0.2) is 5.78 Å². The summed E-state index contributed by atoms with van der Waals surface area (Å²) in [6, 6.07) is 7.15. The smallest absolute Gasteiger partial charge is 0.244 e. The number of nitrogens with zero attached hydrogens (tertiary/aromatic N) is 2. The molecular weight excluding hydrogens is 366 g/mol. The van der Waals surface area contributed by atoms with Crippen LogP contribution in [0.1, 0.15) is 45.1 Å². The summed E-state index contributed by atoms with van der Waals surface area (Å²) in [5.41, 5.74) is 0.0488. The van der Waals surface area contributed by atoms with Crippen molar-refractivity contribution in [3.05, 3.63) is 29.8 Å². The van der Waals surface area contributed by atoms with E-state index in [0.29, 0.717) is 25.2 Å². The monoisotopic (exact) mass is 391 g/mol. The predicted molar refractivity (Wildman–Crippen MR) is 100 cm³/mol. The molecule has 1 fully saturated rings. The predicted octanol–water partition coefficient (Wildman–Crippen LogP) is 1.83. The summed E-state index contributed by atoms with van der Waals surface area (Å²) >= 11 is 0. The SMILES string of the molecule is CC(C)CCC(=O)NC1CCCN(S(=O)(=O)c2ccccc2C#N)CC1=O. The minimum atomic E-state index is -3.96. The number of nitrogens with one attached hydrogen (secondary N) is 1. The maximum atomic E-state index is 12.9. The van der Waals surface area contributed by atoms with Gasteiger partial charge in [-0.3, -0.25) is 9.59 Å². The molecule has 1 atom stereocenters. The fraction of sp³-hybridized carbons (Fsp3) is 0.526. The Bertz CT molecular complexity index is 843. The highest BCUT2D eigenvalue weighted by Crippen LogP contribution is 2.22. The average Bonchev–Trinajstić information content (AvgIpc) is 2.82. The topological polar surface area (TPSA) is 107 Å². The van der Waals surface area contributed by atoms with Gasteiger partial charge in [0.1, 0.15) is 6.07 Å². The molecule has 146 valence electrons. The number of hydrogen-bond acceptors (Lipinski definition) is 5. The molecule has 0 bridgehead atoms. The van der Waals surface area contributed by atoms with Crippen molar-refractivity contribution in [3.63, 3.8) is 0 Å². The molecule has 7 nitrogen and oxygen atoms in total. The van der Waals surface area contributed by atoms with E-state index in [2.05, 4.69) is 5.32 Å². The Morgan fingerprint density at radius 2 is 2.07 bits per heavy atom. The van der Waals surface area contributed by atoms with Crippen molar-refractivity contribution in [1.82, 2.24) is 9.62 Å². The Morgan fingerprint density at radius 1 is 1.37 bits per heavy atom. The first kappa shape index (κ1) is 21.1. The summed E-state index contributed by atoms with van der Waals surface area (Å²) in [4.78, 5) is 24.5. The van der Waals surface area contributed by atoms with Crippen molar-refractivity contribution in [2.45, 2.75) is 50.5 Å². The molecule has 1 unspecified atom stereocenters. The first-order chi connectivity index (χ1) is 12.8. The molecule has 0 radical (unpaired) electrons. The number of hydrogen-bond donors (Lipinski definition) is 1. The Balaban J connectivity index is 2.11. The average molecular weight is 391 g/mol. The molecule has 8 heteroatoms. The largest absolute Gasteiger partial charge is 0.346 e. The van der Waals surface area contributed by atoms with E-state index in [1.165, 1.54) is 12.1 Å². The van der Waals surface area contributed by atoms with Gasteiger partial charge in [0.05, 0.1) is 23.0 Å². The summed E-state index contributed by atoms with van der Waals surface area (Å²) in [5, 5.41) is 11.9. The van der Waals surface area contributed by atoms with Gasteiger partial charge in [-0.2, -0.15) is 9.57 Å². The molecule has 1 saturated heterocycles. The van der Waals surface area contributed by atoms with E-state index in [4.69, 9.17) is 0 Å². The highest BCUT2D eigenvalue weighted by molar-refractivity contribution is 7.89. The molecule has 1 aromatic rings. The maximum absolute atomic E-state index is 12.9. The molecule has 0 aliphatic carbocycles. The molecule has 27 heavy (non-hydrogen) atoms. The molecule has 0 spiro atoms. The van der Waals surface area contributed by atoms with Crippen molar-refractivity contribution >= 4 is 21.7 Å². The fourth-order valence-electron chi connectivity index (χ4n) is 2.96. The number of ketones is 1. The van der Waals surface area contributed by atoms with Gasteiger partial charge < -0.3 is 5.32 Å². The highest BCUT2D eigenvalue weighted by atomic mass is 32.2. The van der Waals surface area contributed by atoms with Crippen LogP contribution in [-0.2, 0) is 19.6 Å². The van der Waals surface area contributed by atoms with Crippen LogP contribution in [0.3, 0.4) is 0 Å². The molecule has 0 aromatic heterocycles. The third-order valence-corrected chi connectivity index (χ3v) is 6.43. The number of sulfonamides is 1. The fourth-order valence-corrected chi connectivity index (χ4v) is 4.55. The molecule has 1 aliphatic rings. The molecule has 1 N–H and O–H groups in total. The van der Waals surface area contributed by atoms with Crippen molar-refractivity contribution < 1.29 is 18.0 Å². The summed E-state index contributed by atoms with van der Waals surface area (Å²) < 4.78 is 26.9. The van der Waals surface area contributed by atoms with Crippen LogP contribution in [0.25, 0.3) is 0 Å². The maximum Gasteiger partial charge on any atom is 0.244 e. The number of Topliss-reactive ketones (excluding diaryl/α,β-unsaturated/α-hetero) is 1. The molecule has 1 amide bonds. The van der Waals surface area contributed by atoms with Crippen LogP contribution in [0, 0.1) is 17.2 Å². The Labute approximate surface area is 160 Å². The van der Waals surface area contributed by atoms with E-state index in [1.807, 2.05) is 19.9 Å². The van der Waals surface area contributed by atoms with Gasteiger partial charge in [0.2, 0.25) is 15.9 Å². The zero-order valence-electron chi connectivity index (χ0n) is 15.6. The van der Waals surface area contributed by atoms with E-state index in [0.717, 1.165) is 10.7 Å². The van der Waals surface area contributed by atoms with Crippen LogP contribution in [0.15, 0.2) is 29.2 Å². The van der Waals surface area contributed by atoms with Gasteiger partial charge in [-0.15, -0.1) is 0 Å². The molecular formula is C19H25N3O4S. The summed E-state index contributed by atoms with van der Waals surface area (Å²) in [6.45, 7) is 3.90. The lowest BCUT2D eigenvalue weighted by molar-refractivity contribution is -0.127. The van der Waals surface area contributed by atoms with Gasteiger partial charge in [-0.05, 0) is 37.3 Å². The standard InChI is InChI=1S/C19H25N3O4S/c1-14(2)9-10-19(24)21-16-7-5-11-22(13-17(16)23)27(25,26)18-8-4-3-6-15(18)12-20/h3-4,6,8,14,16H,5,7,9-11,13H2,1-2H3,(H,21,24). The van der Waals surface area contributed by atoms with Gasteiger partial charge in [0, 0.05) is 13.0 Å². The summed E-state index contributed by atoms with van der Waals surface area (Å²) in [7, 11) is -3.96. The Morgan fingerprint density at radius 3 is 2.74 bits per heavy atom. The van der Waals surface area contributed by atoms with Crippen molar-refractivity contribution in [3.8, 4) is 6.07 Å². The van der Waals surface area contributed by atoms with Crippen LogP contribution in [-0.4, -0.2) is 43.5 Å². The lowest BCUT2D eigenvalue weighted by Gasteiger charge is -2.20. The zero-order chi connectivity index (χ0) is 20.0. The lowest BCUT2D eigenvalue weighted by Crippen LogP contribution is -2.44. The van der Waals surface area contributed by atoms with Crippen LogP contribution in [0.4, 0.5) is 0 Å². The van der Waals surface area contributed by atoms with Gasteiger partial charge in [-0.25, -0.2) is 8.42 Å². The van der Waals surface area contributed by atoms with Crippen LogP contribution in [0.2, 0.25) is 0 Å². The van der Waals surface area contributed by atoms with Crippen LogP contribution < -0.4 is 5.32 Å². The van der Waals surface area contributed by atoms with E-state index < -0.39 is 16.1 Å². The number of nitriles is 1. The van der Waals surface area contributed by atoms with E-state index in [9.17, 15) is 23.3 Å². The third kappa shape index (κ3) is 5.37. The minimum absolute atomic E-state index is 0.0488. The second-order valence-electron chi connectivity index (χ2n) is 7.11. The summed E-state index contributed by atoms with van der Waals surface area (Å²) in [5.74, 6) is -0.127. The zero-order valence-corrected chi connectivity index (χ0v) is 16.5. The van der Waals surface area contributed by atoms with E-state index in [1.54, 1.807) is 12.1 Å². The van der Waals surface area contributed by atoms with Crippen molar-refractivity contribution in [2.24, 2.45) is 5.92 Å². The molecule has 1 heterocycles. The van der Waals surface area contributed by atoms with E-state index >= 15 is 0 Å². The molecule has 0 saturated carbocycles. The quantitative estimate of drug-likeness (QED) is 0.796. The first-order valence-electron chi connectivity index (χ1n) is 9.07. The molecule has 1 aromatic carbocycles. The number of carbonyl (C=O) groups is 2. The van der Waals surface area contributed by atoms with Gasteiger partial charge >= 0.3 is 0 Å². The first-order valence-corrected chi connectivity index (χ1v) is 10.5. The normalized spacial score (nSPS) is 18.7. The second kappa shape index (κ2) is 9.11. The molecule has 1 aliphatic heterocycles. The Kier molecular flexibility index (Phi) is 7.11. The summed E-state index contributed by atoms with van der Waals surface area (Å²) in [6.07, 6.45) is 1.93. The third-order valence-electron chi connectivity index (χ3n) is 4.53. The van der Waals surface area contributed by atoms with Crippen LogP contribution in [0.5, 0.6) is 0 Å². The van der Waals surface area contributed by atoms with E-state index in [-0.39, 0.29) is 35.2 Å². The van der Waals surface area contributed by atoms with Gasteiger partial charge in [0.25, 0.3) is 0 Å². The van der Waals surface area contributed by atoms with Gasteiger partial charge in [-0.1, -0.05) is 26.0 Å². The van der Waals surface area contributed by atoms with Crippen LogP contribution >= 0.6 is 0 Å². The number of amides is 1. The highest BCUT2D eigenvalue weighted by Gasteiger charge is 2.33. The number of rotatable bonds is 6. The Hall–Kier alpha value is -2.24. The number of carbonyl (C=O) groups excluding carboxylic acids is 2. The lowest BCUT2D eigenvalue weighted by atomic mass is 10.1. The van der Waals surface area contributed by atoms with Crippen molar-refractivity contribution in [1.29, 1.82) is 5.26 Å². The van der Waals surface area contributed by atoms with Crippen molar-refractivity contribution in [2.75, 3.05) is 13.1 Å². The minimum Gasteiger partial charge on any atom is -0.346 e. The second-order valence-corrected chi connectivity index (χ2v) is 9.01.